The van der Waals surface area contributed by atoms with Crippen LogP contribution >= 0.6 is 0 Å². The van der Waals surface area contributed by atoms with Gasteiger partial charge in [-0.15, -0.1) is 0 Å². The summed E-state index contributed by atoms with van der Waals surface area (Å²) >= 11 is 0. The number of fused-ring (bicyclic) bond motifs is 10. The van der Waals surface area contributed by atoms with Gasteiger partial charge in [-0.25, -0.2) is 0 Å². The minimum absolute atomic E-state index is 0.164. The van der Waals surface area contributed by atoms with Crippen LogP contribution in [0.15, 0.2) is 285 Å². The van der Waals surface area contributed by atoms with Crippen LogP contribution in [0.25, 0.3) is 65.3 Å². The molecule has 0 amide bonds. The molecule has 78 heavy (non-hydrogen) atoms. The molecule has 0 heterocycles. The van der Waals surface area contributed by atoms with E-state index in [0.29, 0.717) is 0 Å². The average molecular weight is 1000 g/mol. The minimum atomic E-state index is -0.164. The topological polar surface area (TPSA) is 9.72 Å². The Bertz CT molecular complexity index is 4320. The fourth-order valence-electron chi connectivity index (χ4n) is 12.8. The van der Waals surface area contributed by atoms with Crippen molar-refractivity contribution in [3.05, 3.63) is 296 Å². The highest BCUT2D eigenvalue weighted by Gasteiger charge is 2.41. The molecule has 0 fully saturated rings. The van der Waals surface area contributed by atoms with Crippen LogP contribution < -0.4 is 14.7 Å². The summed E-state index contributed by atoms with van der Waals surface area (Å²) in [6.07, 6.45) is 1.97. The lowest BCUT2D eigenvalue weighted by molar-refractivity contribution is 0.490. The Morgan fingerprint density at radius 3 is 1.10 bits per heavy atom. The molecule has 0 aromatic heterocycles. The van der Waals surface area contributed by atoms with Gasteiger partial charge in [-0.05, 0) is 205 Å². The van der Waals surface area contributed by atoms with Gasteiger partial charge in [0.05, 0.1) is 0 Å². The van der Waals surface area contributed by atoms with E-state index < -0.39 is 0 Å². The summed E-state index contributed by atoms with van der Waals surface area (Å²) in [7, 11) is 0. The minimum Gasteiger partial charge on any atom is -0.310 e. The Morgan fingerprint density at radius 1 is 0.244 bits per heavy atom. The molecule has 0 aliphatic heterocycles. The number of nitrogens with zero attached hydrogens (tertiary/aromatic N) is 3. The molecule has 0 bridgehead atoms. The van der Waals surface area contributed by atoms with Gasteiger partial charge in [-0.2, -0.15) is 0 Å². The zero-order valence-electron chi connectivity index (χ0n) is 43.9. The molecule has 13 aromatic rings. The molecule has 1 aliphatic rings. The maximum Gasteiger partial charge on any atom is 0.0482 e. The van der Waals surface area contributed by atoms with Crippen molar-refractivity contribution in [2.24, 2.45) is 0 Å². The molecule has 1 aliphatic carbocycles. The molecule has 0 atom stereocenters. The van der Waals surface area contributed by atoms with Crippen LogP contribution in [0.5, 0.6) is 0 Å². The first-order valence-corrected chi connectivity index (χ1v) is 27.4. The van der Waals surface area contributed by atoms with Gasteiger partial charge in [0, 0.05) is 56.6 Å². The molecule has 13 aromatic carbocycles. The van der Waals surface area contributed by atoms with Crippen LogP contribution in [0, 0.1) is 0 Å². The van der Waals surface area contributed by atoms with Crippen LogP contribution in [0.4, 0.5) is 51.2 Å². The Balaban J connectivity index is 0.948. The fraction of sp³-hybridized carbons (Fsp3) is 0.0667. The maximum absolute atomic E-state index is 2.51. The fourth-order valence-corrected chi connectivity index (χ4v) is 12.8. The van der Waals surface area contributed by atoms with E-state index in [1.807, 2.05) is 0 Å². The van der Waals surface area contributed by atoms with Gasteiger partial charge in [0.1, 0.15) is 0 Å². The molecular formula is C75H57N3. The van der Waals surface area contributed by atoms with Gasteiger partial charge in [0.2, 0.25) is 0 Å². The van der Waals surface area contributed by atoms with Crippen LogP contribution in [0.3, 0.4) is 0 Å². The molecule has 14 rings (SSSR count). The van der Waals surface area contributed by atoms with Crippen molar-refractivity contribution in [1.82, 2.24) is 0 Å². The number of benzene rings is 13. The van der Waals surface area contributed by atoms with Gasteiger partial charge in [0.15, 0.2) is 0 Å². The molecule has 0 radical (unpaired) electrons. The van der Waals surface area contributed by atoms with E-state index in [1.54, 1.807) is 0 Å². The second kappa shape index (κ2) is 19.5. The predicted octanol–water partition coefficient (Wildman–Crippen LogP) is 21.5. The van der Waals surface area contributed by atoms with E-state index in [1.165, 1.54) is 76.5 Å². The SMILES string of the molecule is CCC1(CC)c2cc(-c3ccccc3)ccc2-c2ccc(N(c3cccc(N(c4ccccc4)c4ccccc4)c3)c3cccc(N(c4ccccc4)c4ccc5cc6c7ccccc7c7ccccc7c6cc5c4)c3)cc21. The molecule has 3 nitrogen and oxygen atoms in total. The Morgan fingerprint density at radius 2 is 0.603 bits per heavy atom. The average Bonchev–Trinajstić information content (AvgIpc) is 3.97. The van der Waals surface area contributed by atoms with E-state index in [4.69, 9.17) is 0 Å². The standard InChI is InChI=1S/C75H57N3/c1-3-75(4-2)73-48-54(52-23-9-5-10-24-52)40-43-69(73)70-44-42-64(51-74(70)75)78(61-33-21-31-59(49-61)76(56-25-11-6-12-26-56)57-27-13-7-14-28-57)62-34-22-32-60(50-62)77(58-29-15-8-16-30-58)63-41-39-53-46-71-67-37-19-17-35-65(67)66-36-18-20-38-68(66)72(71)47-55(53)45-63/h5-51H,3-4H2,1-2H3. The molecular weight excluding hydrogens is 943 g/mol. The molecule has 0 saturated heterocycles. The number of hydrogen-bond donors (Lipinski definition) is 0. The molecule has 0 spiro atoms. The monoisotopic (exact) mass is 999 g/mol. The van der Waals surface area contributed by atoms with Crippen molar-refractivity contribution in [3.63, 3.8) is 0 Å². The Hall–Kier alpha value is -9.70. The smallest absolute Gasteiger partial charge is 0.0482 e. The van der Waals surface area contributed by atoms with Crippen molar-refractivity contribution in [2.45, 2.75) is 32.1 Å². The van der Waals surface area contributed by atoms with Crippen molar-refractivity contribution in [1.29, 1.82) is 0 Å². The summed E-state index contributed by atoms with van der Waals surface area (Å²) in [5.41, 5.74) is 17.5. The quantitative estimate of drug-likeness (QED) is 0.0892. The zero-order valence-corrected chi connectivity index (χ0v) is 43.9. The highest BCUT2D eigenvalue weighted by molar-refractivity contribution is 6.27. The Labute approximate surface area is 457 Å². The van der Waals surface area contributed by atoms with Crippen LogP contribution in [-0.4, -0.2) is 0 Å². The lowest BCUT2D eigenvalue weighted by Gasteiger charge is -2.33. The first kappa shape index (κ1) is 46.8. The highest BCUT2D eigenvalue weighted by atomic mass is 15.2. The van der Waals surface area contributed by atoms with E-state index in [0.717, 1.165) is 64.0 Å². The van der Waals surface area contributed by atoms with Crippen molar-refractivity contribution in [2.75, 3.05) is 14.7 Å². The number of hydrogen-bond acceptors (Lipinski definition) is 3. The molecule has 3 heteroatoms. The second-order valence-corrected chi connectivity index (χ2v) is 20.7. The molecule has 0 unspecified atom stereocenters. The van der Waals surface area contributed by atoms with Gasteiger partial charge < -0.3 is 14.7 Å². The summed E-state index contributed by atoms with van der Waals surface area (Å²) in [5.74, 6) is 0. The van der Waals surface area contributed by atoms with Crippen molar-refractivity contribution >= 4 is 94.3 Å². The van der Waals surface area contributed by atoms with E-state index >= 15 is 0 Å². The Kier molecular flexibility index (Phi) is 11.7. The molecule has 372 valence electrons. The van der Waals surface area contributed by atoms with Gasteiger partial charge >= 0.3 is 0 Å². The van der Waals surface area contributed by atoms with E-state index in [2.05, 4.69) is 314 Å². The van der Waals surface area contributed by atoms with Crippen LogP contribution in [-0.2, 0) is 5.41 Å². The van der Waals surface area contributed by atoms with Crippen molar-refractivity contribution in [3.8, 4) is 22.3 Å². The predicted molar refractivity (Wildman–Crippen MR) is 333 cm³/mol. The summed E-state index contributed by atoms with van der Waals surface area (Å²) in [5, 5.41) is 10.1. The van der Waals surface area contributed by atoms with Gasteiger partial charge in [-0.3, -0.25) is 0 Å². The molecule has 0 saturated carbocycles. The van der Waals surface area contributed by atoms with Crippen LogP contribution in [0.2, 0.25) is 0 Å². The maximum atomic E-state index is 2.51. The zero-order chi connectivity index (χ0) is 52.2. The number of para-hydroxylation sites is 3. The first-order chi connectivity index (χ1) is 38.6. The third-order valence-corrected chi connectivity index (χ3v) is 16.6. The van der Waals surface area contributed by atoms with Crippen molar-refractivity contribution < 1.29 is 0 Å². The lowest BCUT2D eigenvalue weighted by Crippen LogP contribution is -2.23. The lowest BCUT2D eigenvalue weighted by atomic mass is 9.73. The van der Waals surface area contributed by atoms with Gasteiger partial charge in [0.25, 0.3) is 0 Å². The first-order valence-electron chi connectivity index (χ1n) is 27.4. The molecule has 0 N–H and O–H groups in total. The summed E-state index contributed by atoms with van der Waals surface area (Å²) in [6.45, 7) is 4.74. The summed E-state index contributed by atoms with van der Waals surface area (Å²) in [4.78, 5) is 7.24. The second-order valence-electron chi connectivity index (χ2n) is 20.7. The normalized spacial score (nSPS) is 12.4. The number of anilines is 9. The van der Waals surface area contributed by atoms with E-state index in [-0.39, 0.29) is 5.41 Å². The third kappa shape index (κ3) is 7.89. The largest absolute Gasteiger partial charge is 0.310 e. The number of rotatable bonds is 12. The summed E-state index contributed by atoms with van der Waals surface area (Å²) < 4.78 is 0. The third-order valence-electron chi connectivity index (χ3n) is 16.6. The van der Waals surface area contributed by atoms with E-state index in [9.17, 15) is 0 Å². The van der Waals surface area contributed by atoms with Gasteiger partial charge in [-0.1, -0.05) is 184 Å². The highest BCUT2D eigenvalue weighted by Crippen LogP contribution is 2.55. The summed E-state index contributed by atoms with van der Waals surface area (Å²) in [6, 6.07) is 105. The van der Waals surface area contributed by atoms with Crippen LogP contribution in [0.1, 0.15) is 37.8 Å².